The zero-order valence-electron chi connectivity index (χ0n) is 11.3. The highest BCUT2D eigenvalue weighted by molar-refractivity contribution is 6.30. The summed E-state index contributed by atoms with van der Waals surface area (Å²) < 4.78 is 19.0. The van der Waals surface area contributed by atoms with Crippen LogP contribution in [0.1, 0.15) is 5.56 Å². The van der Waals surface area contributed by atoms with Gasteiger partial charge >= 0.3 is 0 Å². The van der Waals surface area contributed by atoms with Crippen molar-refractivity contribution in [2.45, 2.75) is 6.42 Å². The molecule has 1 amide bonds. The molecule has 0 bridgehead atoms. The maximum absolute atomic E-state index is 13.5. The molecule has 0 spiro atoms. The van der Waals surface area contributed by atoms with Crippen LogP contribution >= 0.6 is 11.6 Å². The number of halogens is 2. The molecule has 0 aliphatic rings. The summed E-state index contributed by atoms with van der Waals surface area (Å²) in [6.07, 6.45) is -0.0195. The maximum atomic E-state index is 13.5. The molecule has 2 aromatic rings. The highest BCUT2D eigenvalue weighted by Gasteiger charge is 2.08. The van der Waals surface area contributed by atoms with Gasteiger partial charge in [0.2, 0.25) is 5.91 Å². The van der Waals surface area contributed by atoms with Crippen LogP contribution in [0.5, 0.6) is 5.75 Å². The van der Waals surface area contributed by atoms with E-state index in [-0.39, 0.29) is 12.3 Å². The molecule has 0 heterocycles. The molecule has 2 aromatic carbocycles. The van der Waals surface area contributed by atoms with Gasteiger partial charge in [-0.2, -0.15) is 0 Å². The van der Waals surface area contributed by atoms with Crippen LogP contribution in [-0.4, -0.2) is 19.1 Å². The van der Waals surface area contributed by atoms with Crippen LogP contribution in [-0.2, 0) is 11.2 Å². The van der Waals surface area contributed by atoms with Gasteiger partial charge in [0.15, 0.2) is 0 Å². The number of nitrogens with one attached hydrogen (secondary N) is 1. The molecule has 0 atom stereocenters. The number of carbonyl (C=O) groups is 1. The van der Waals surface area contributed by atoms with Crippen molar-refractivity contribution in [2.75, 3.05) is 13.2 Å². The Hall–Kier alpha value is -2.07. The number of rotatable bonds is 6. The summed E-state index contributed by atoms with van der Waals surface area (Å²) in [7, 11) is 0. The van der Waals surface area contributed by atoms with Gasteiger partial charge in [0.25, 0.3) is 0 Å². The molecule has 2 rings (SSSR count). The molecule has 0 radical (unpaired) electrons. The van der Waals surface area contributed by atoms with E-state index in [2.05, 4.69) is 5.32 Å². The minimum absolute atomic E-state index is 0.0195. The lowest BCUT2D eigenvalue weighted by Crippen LogP contribution is -2.29. The number of ether oxygens (including phenoxy) is 1. The first kappa shape index (κ1) is 15.3. The van der Waals surface area contributed by atoms with Crippen molar-refractivity contribution in [1.29, 1.82) is 0 Å². The van der Waals surface area contributed by atoms with E-state index < -0.39 is 5.82 Å². The topological polar surface area (TPSA) is 38.3 Å². The molecule has 5 heteroatoms. The summed E-state index contributed by atoms with van der Waals surface area (Å²) in [5.41, 5.74) is 0.320. The number of carbonyl (C=O) groups excluding carboxylic acids is 1. The number of benzene rings is 2. The Labute approximate surface area is 127 Å². The van der Waals surface area contributed by atoms with Crippen LogP contribution in [0.4, 0.5) is 4.39 Å². The van der Waals surface area contributed by atoms with E-state index in [1.54, 1.807) is 6.07 Å². The number of hydrogen-bond acceptors (Lipinski definition) is 2. The van der Waals surface area contributed by atoms with Crippen LogP contribution in [0.3, 0.4) is 0 Å². The van der Waals surface area contributed by atoms with E-state index in [4.69, 9.17) is 16.3 Å². The quantitative estimate of drug-likeness (QED) is 0.832. The average Bonchev–Trinajstić information content (AvgIpc) is 2.48. The summed E-state index contributed by atoms with van der Waals surface area (Å²) in [4.78, 5) is 11.7. The van der Waals surface area contributed by atoms with Gasteiger partial charge in [0.1, 0.15) is 18.2 Å². The lowest BCUT2D eigenvalue weighted by atomic mass is 10.1. The van der Waals surface area contributed by atoms with E-state index in [0.29, 0.717) is 23.7 Å². The van der Waals surface area contributed by atoms with Crippen molar-refractivity contribution in [3.8, 4) is 5.75 Å². The van der Waals surface area contributed by atoms with Crippen molar-refractivity contribution in [1.82, 2.24) is 5.32 Å². The van der Waals surface area contributed by atoms with Gasteiger partial charge in [0.05, 0.1) is 13.0 Å². The molecule has 1 N–H and O–H groups in total. The van der Waals surface area contributed by atoms with Gasteiger partial charge in [-0.15, -0.1) is 0 Å². The largest absolute Gasteiger partial charge is 0.492 e. The summed E-state index contributed by atoms with van der Waals surface area (Å²) >= 11 is 5.66. The van der Waals surface area contributed by atoms with Crippen LogP contribution in [0.2, 0.25) is 5.02 Å². The number of para-hydroxylation sites is 1. The highest BCUT2D eigenvalue weighted by atomic mass is 35.5. The SMILES string of the molecule is O=C(Cc1ccc(Cl)cc1F)NCCOc1ccccc1. The van der Waals surface area contributed by atoms with Crippen LogP contribution < -0.4 is 10.1 Å². The van der Waals surface area contributed by atoms with Crippen LogP contribution in [0.15, 0.2) is 48.5 Å². The molecule has 0 saturated carbocycles. The Morgan fingerprint density at radius 2 is 1.95 bits per heavy atom. The maximum Gasteiger partial charge on any atom is 0.224 e. The third-order valence-electron chi connectivity index (χ3n) is 2.80. The Morgan fingerprint density at radius 1 is 1.19 bits per heavy atom. The average molecular weight is 308 g/mol. The van der Waals surface area contributed by atoms with Gasteiger partial charge in [0, 0.05) is 5.02 Å². The second-order valence-corrected chi connectivity index (χ2v) is 4.86. The predicted molar refractivity (Wildman–Crippen MR) is 80.1 cm³/mol. The first-order chi connectivity index (χ1) is 10.1. The molecule has 21 heavy (non-hydrogen) atoms. The Kier molecular flexibility index (Phi) is 5.58. The fourth-order valence-corrected chi connectivity index (χ4v) is 1.94. The normalized spacial score (nSPS) is 10.2. The lowest BCUT2D eigenvalue weighted by Gasteiger charge is -2.08. The molecule has 0 fully saturated rings. The summed E-state index contributed by atoms with van der Waals surface area (Å²) in [6.45, 7) is 0.724. The summed E-state index contributed by atoms with van der Waals surface area (Å²) in [6, 6.07) is 13.6. The van der Waals surface area contributed by atoms with E-state index in [9.17, 15) is 9.18 Å². The smallest absolute Gasteiger partial charge is 0.224 e. The van der Waals surface area contributed by atoms with E-state index >= 15 is 0 Å². The summed E-state index contributed by atoms with van der Waals surface area (Å²) in [5.74, 6) is 0.0153. The summed E-state index contributed by atoms with van der Waals surface area (Å²) in [5, 5.41) is 2.99. The Bertz CT molecular complexity index is 604. The lowest BCUT2D eigenvalue weighted by molar-refractivity contribution is -0.120. The van der Waals surface area contributed by atoms with Gasteiger partial charge in [-0.05, 0) is 29.8 Å². The van der Waals surface area contributed by atoms with Gasteiger partial charge in [-0.3, -0.25) is 4.79 Å². The van der Waals surface area contributed by atoms with Crippen molar-refractivity contribution < 1.29 is 13.9 Å². The van der Waals surface area contributed by atoms with Crippen LogP contribution in [0.25, 0.3) is 0 Å². The molecule has 3 nitrogen and oxygen atoms in total. The van der Waals surface area contributed by atoms with Gasteiger partial charge < -0.3 is 10.1 Å². The minimum Gasteiger partial charge on any atom is -0.492 e. The number of amides is 1. The Morgan fingerprint density at radius 3 is 2.67 bits per heavy atom. The third kappa shape index (κ3) is 5.08. The zero-order valence-corrected chi connectivity index (χ0v) is 12.1. The molecule has 0 aliphatic carbocycles. The molecular weight excluding hydrogens is 293 g/mol. The van der Waals surface area contributed by atoms with Crippen molar-refractivity contribution in [2.24, 2.45) is 0 Å². The standard InChI is InChI=1S/C16H15ClFNO2/c17-13-7-6-12(15(18)11-13)10-16(20)19-8-9-21-14-4-2-1-3-5-14/h1-7,11H,8-10H2,(H,19,20). The fourth-order valence-electron chi connectivity index (χ4n) is 1.78. The van der Waals surface area contributed by atoms with E-state index in [1.165, 1.54) is 12.1 Å². The second-order valence-electron chi connectivity index (χ2n) is 4.42. The number of hydrogen-bond donors (Lipinski definition) is 1. The zero-order chi connectivity index (χ0) is 15.1. The van der Waals surface area contributed by atoms with Gasteiger partial charge in [-0.25, -0.2) is 4.39 Å². The molecule has 0 saturated heterocycles. The van der Waals surface area contributed by atoms with E-state index in [1.807, 2.05) is 30.3 Å². The molecule has 0 unspecified atom stereocenters. The molecule has 110 valence electrons. The Balaban J connectivity index is 1.72. The molecule has 0 aromatic heterocycles. The predicted octanol–water partition coefficient (Wildman–Crippen LogP) is 3.22. The van der Waals surface area contributed by atoms with E-state index in [0.717, 1.165) is 5.75 Å². The van der Waals surface area contributed by atoms with Crippen LogP contribution in [0, 0.1) is 5.82 Å². The highest BCUT2D eigenvalue weighted by Crippen LogP contribution is 2.15. The van der Waals surface area contributed by atoms with Crippen molar-refractivity contribution >= 4 is 17.5 Å². The molecular formula is C16H15ClFNO2. The second kappa shape index (κ2) is 7.64. The first-order valence-corrected chi connectivity index (χ1v) is 6.91. The fraction of sp³-hybridized carbons (Fsp3) is 0.188. The molecule has 0 aliphatic heterocycles. The first-order valence-electron chi connectivity index (χ1n) is 6.53. The monoisotopic (exact) mass is 307 g/mol. The van der Waals surface area contributed by atoms with Crippen molar-refractivity contribution in [3.63, 3.8) is 0 Å². The van der Waals surface area contributed by atoms with Crippen molar-refractivity contribution in [3.05, 3.63) is 64.9 Å². The third-order valence-corrected chi connectivity index (χ3v) is 3.04. The minimum atomic E-state index is -0.474. The van der Waals surface area contributed by atoms with Gasteiger partial charge in [-0.1, -0.05) is 35.9 Å².